The number of nitrogens with zero attached hydrogens (tertiary/aromatic N) is 1. The molecule has 5 aromatic carbocycles. The molecule has 1 aliphatic carbocycles. The minimum Gasteiger partial charge on any atom is -0.506 e. The number of aromatic nitrogens is 1. The number of H-pyrrole nitrogens is 1. The highest BCUT2D eigenvalue weighted by molar-refractivity contribution is 5.97. The highest BCUT2D eigenvalue weighted by Crippen LogP contribution is 2.37. The van der Waals surface area contributed by atoms with Gasteiger partial charge in [-0.05, 0) is 110 Å². The Morgan fingerprint density at radius 3 is 2.37 bits per heavy atom. The second-order valence-electron chi connectivity index (χ2n) is 17.8. The number of aliphatic hydroxyl groups is 2. The van der Waals surface area contributed by atoms with Crippen molar-refractivity contribution in [1.29, 1.82) is 0 Å². The maximum Gasteiger partial charge on any atom is 0.345 e. The van der Waals surface area contributed by atoms with Gasteiger partial charge in [-0.3, -0.25) is 19.3 Å². The third-order valence-corrected chi connectivity index (χ3v) is 13.1. The third-order valence-electron chi connectivity index (χ3n) is 13.1. The van der Waals surface area contributed by atoms with Gasteiger partial charge in [0.1, 0.15) is 17.2 Å². The Balaban J connectivity index is 0.793. The first kappa shape index (κ1) is 47.5. The molecular formula is C53H57N5O10. The fourth-order valence-electron chi connectivity index (χ4n) is 9.34. The predicted molar refractivity (Wildman–Crippen MR) is 255 cm³/mol. The SMILES string of the molecule is COc1cc(CNC[C@H](O)c2ccc(O)c3[nH]c(=O)ccc23)ccc1C(=O)NC1CC(NC(=O)COc2cccc(C(O)(C(=O)O)c3ccccc3CC3CCN(Cc4ccccc4)CC3)c2)C1. The van der Waals surface area contributed by atoms with Gasteiger partial charge < -0.3 is 50.8 Å². The van der Waals surface area contributed by atoms with E-state index >= 15 is 0 Å². The molecule has 8 rings (SSSR count). The van der Waals surface area contributed by atoms with Crippen LogP contribution in [0.25, 0.3) is 10.9 Å². The molecule has 1 aliphatic heterocycles. The van der Waals surface area contributed by atoms with Gasteiger partial charge in [-0.15, -0.1) is 0 Å². The number of amides is 2. The lowest BCUT2D eigenvalue weighted by atomic mass is 9.80. The number of nitrogens with one attached hydrogen (secondary N) is 4. The van der Waals surface area contributed by atoms with Crippen molar-refractivity contribution in [3.63, 3.8) is 0 Å². The van der Waals surface area contributed by atoms with E-state index in [0.29, 0.717) is 59.6 Å². The van der Waals surface area contributed by atoms with Crippen molar-refractivity contribution >= 4 is 28.7 Å². The van der Waals surface area contributed by atoms with E-state index in [1.54, 1.807) is 60.7 Å². The molecule has 2 heterocycles. The van der Waals surface area contributed by atoms with E-state index in [2.05, 4.69) is 50.1 Å². The van der Waals surface area contributed by atoms with Crippen molar-refractivity contribution in [2.45, 2.75) is 69.0 Å². The van der Waals surface area contributed by atoms with E-state index in [1.165, 1.54) is 30.9 Å². The summed E-state index contributed by atoms with van der Waals surface area (Å²) in [7, 11) is 1.48. The zero-order chi connectivity index (χ0) is 47.8. The van der Waals surface area contributed by atoms with Gasteiger partial charge in [0.15, 0.2) is 6.61 Å². The van der Waals surface area contributed by atoms with Crippen molar-refractivity contribution in [2.24, 2.45) is 5.92 Å². The quantitative estimate of drug-likeness (QED) is 0.0519. The van der Waals surface area contributed by atoms with E-state index in [4.69, 9.17) is 9.47 Å². The number of aromatic amines is 1. The lowest BCUT2D eigenvalue weighted by molar-refractivity contribution is -0.155. The Labute approximate surface area is 393 Å². The van der Waals surface area contributed by atoms with E-state index < -0.39 is 17.7 Å². The molecule has 2 atom stereocenters. The number of hydrogen-bond donors (Lipinski definition) is 8. The van der Waals surface area contributed by atoms with Crippen LogP contribution in [0.4, 0.5) is 0 Å². The number of pyridine rings is 1. The Morgan fingerprint density at radius 1 is 0.853 bits per heavy atom. The molecule has 2 amide bonds. The number of hydrogen-bond acceptors (Lipinski definition) is 11. The first-order chi connectivity index (χ1) is 32.9. The van der Waals surface area contributed by atoms with E-state index in [-0.39, 0.29) is 65.2 Å². The minimum atomic E-state index is -2.36. The number of ether oxygens (including phenoxy) is 2. The van der Waals surface area contributed by atoms with Crippen LogP contribution < -0.4 is 31.0 Å². The van der Waals surface area contributed by atoms with Gasteiger partial charge in [0, 0.05) is 54.3 Å². The number of methoxy groups -OCH3 is 1. The van der Waals surface area contributed by atoms with Crippen LogP contribution in [0.5, 0.6) is 17.2 Å². The summed E-state index contributed by atoms with van der Waals surface area (Å²) in [6.07, 6.45) is 2.63. The van der Waals surface area contributed by atoms with Crippen LogP contribution in [0.2, 0.25) is 0 Å². The van der Waals surface area contributed by atoms with Gasteiger partial charge in [0.25, 0.3) is 11.8 Å². The largest absolute Gasteiger partial charge is 0.506 e. The Kier molecular flexibility index (Phi) is 14.9. The molecule has 15 nitrogen and oxygen atoms in total. The number of aromatic hydroxyl groups is 1. The van der Waals surface area contributed by atoms with Gasteiger partial charge >= 0.3 is 5.97 Å². The summed E-state index contributed by atoms with van der Waals surface area (Å²) < 4.78 is 11.4. The molecule has 1 saturated carbocycles. The average Bonchev–Trinajstić information content (AvgIpc) is 3.33. The number of aliphatic carboxylic acids is 1. The van der Waals surface area contributed by atoms with Gasteiger partial charge in [0.05, 0.1) is 24.3 Å². The van der Waals surface area contributed by atoms with Crippen LogP contribution in [-0.2, 0) is 34.7 Å². The lowest BCUT2D eigenvalue weighted by Gasteiger charge is -2.36. The van der Waals surface area contributed by atoms with Crippen molar-refractivity contribution in [3.05, 3.63) is 171 Å². The number of phenols is 1. The molecule has 354 valence electrons. The summed E-state index contributed by atoms with van der Waals surface area (Å²) in [6.45, 7) is 2.96. The van der Waals surface area contributed by atoms with Gasteiger partial charge in [-0.25, -0.2) is 4.79 Å². The number of rotatable bonds is 19. The summed E-state index contributed by atoms with van der Waals surface area (Å²) in [5.41, 5.74) is 1.71. The van der Waals surface area contributed by atoms with Crippen LogP contribution in [0.1, 0.15) is 75.5 Å². The molecular weight excluding hydrogens is 867 g/mol. The fourth-order valence-corrected chi connectivity index (χ4v) is 9.34. The summed E-state index contributed by atoms with van der Waals surface area (Å²) in [5.74, 6) is -1.27. The number of carboxylic acids is 1. The van der Waals surface area contributed by atoms with Crippen LogP contribution in [0.3, 0.4) is 0 Å². The molecule has 68 heavy (non-hydrogen) atoms. The van der Waals surface area contributed by atoms with Crippen molar-refractivity contribution in [1.82, 2.24) is 25.8 Å². The number of carbonyl (C=O) groups excluding carboxylic acids is 2. The summed E-state index contributed by atoms with van der Waals surface area (Å²) in [6, 6.07) is 34.5. The monoisotopic (exact) mass is 923 g/mol. The van der Waals surface area contributed by atoms with Crippen LogP contribution >= 0.6 is 0 Å². The third kappa shape index (κ3) is 11.0. The molecule has 6 aromatic rings. The van der Waals surface area contributed by atoms with Crippen LogP contribution in [-0.4, -0.2) is 93.5 Å². The van der Waals surface area contributed by atoms with Crippen molar-refractivity contribution in [3.8, 4) is 17.2 Å². The second-order valence-corrected chi connectivity index (χ2v) is 17.8. The Morgan fingerprint density at radius 2 is 1.60 bits per heavy atom. The van der Waals surface area contributed by atoms with E-state index in [9.17, 15) is 39.6 Å². The van der Waals surface area contributed by atoms with Crippen LogP contribution in [0, 0.1) is 5.92 Å². The summed E-state index contributed by atoms with van der Waals surface area (Å²) in [5, 5.41) is 53.3. The number of aliphatic hydroxyl groups excluding tert-OH is 1. The van der Waals surface area contributed by atoms with Gasteiger partial charge in [-0.1, -0.05) is 78.9 Å². The highest BCUT2D eigenvalue weighted by atomic mass is 16.5. The lowest BCUT2D eigenvalue weighted by Crippen LogP contribution is -2.54. The highest BCUT2D eigenvalue weighted by Gasteiger charge is 2.42. The van der Waals surface area contributed by atoms with Gasteiger partial charge in [0.2, 0.25) is 11.2 Å². The average molecular weight is 924 g/mol. The zero-order valence-corrected chi connectivity index (χ0v) is 37.8. The molecule has 0 spiro atoms. The number of carbonyl (C=O) groups is 3. The van der Waals surface area contributed by atoms with Crippen molar-refractivity contribution in [2.75, 3.05) is 33.4 Å². The maximum absolute atomic E-state index is 13.3. The first-order valence-corrected chi connectivity index (χ1v) is 22.9. The molecule has 1 aromatic heterocycles. The Bertz CT molecular complexity index is 2800. The smallest absolute Gasteiger partial charge is 0.345 e. The number of fused-ring (bicyclic) bond motifs is 1. The number of carboxylic acid groups (broad SMARTS) is 1. The van der Waals surface area contributed by atoms with Crippen molar-refractivity contribution < 1.29 is 44.3 Å². The first-order valence-electron chi connectivity index (χ1n) is 22.9. The number of benzene rings is 5. The number of phenolic OH excluding ortho intramolecular Hbond substituents is 1. The number of piperidine rings is 1. The molecule has 0 bridgehead atoms. The summed E-state index contributed by atoms with van der Waals surface area (Å²) >= 11 is 0. The molecule has 15 heteroatoms. The molecule has 2 aliphatic rings. The normalized spacial score (nSPS) is 17.6. The molecule has 1 unspecified atom stereocenters. The fraction of sp³-hybridized carbons (Fsp3) is 0.321. The number of likely N-dealkylation sites (tertiary alicyclic amines) is 1. The molecule has 0 radical (unpaired) electrons. The topological polar surface area (TPSA) is 223 Å². The predicted octanol–water partition coefficient (Wildman–Crippen LogP) is 5.30. The van der Waals surface area contributed by atoms with Crippen LogP contribution in [0.15, 0.2) is 126 Å². The summed E-state index contributed by atoms with van der Waals surface area (Å²) in [4.78, 5) is 56.0. The minimum absolute atomic E-state index is 0.0885. The second kappa shape index (κ2) is 21.3. The maximum atomic E-state index is 13.3. The molecule has 2 fully saturated rings. The van der Waals surface area contributed by atoms with Gasteiger partial charge in [-0.2, -0.15) is 0 Å². The Hall–Kier alpha value is -7.04. The molecule has 1 saturated heterocycles. The van der Waals surface area contributed by atoms with E-state index in [0.717, 1.165) is 43.6 Å². The van der Waals surface area contributed by atoms with E-state index in [1.807, 2.05) is 18.2 Å². The standard InChI is InChI=1S/C53H57N5O10/c1-67-47-25-35(29-54-30-46(60)41-16-18-45(59)50-42(41)17-19-48(61)57-50)14-15-43(47)51(63)56-39-27-38(28-39)55-49(62)32-68-40-12-7-11-37(26-40)53(66,52(64)65)44-13-6-5-10-36(44)24-33-20-22-58(23-21-33)31-34-8-3-2-4-9-34/h2-19,25-26,33,38-39,46,54,59-60,66H,20-24,27-32H2,1H3,(H,55,62)(H,56,63)(H,57,61)(H,64,65)/t38?,39?,46-,53?/m0/s1. The molecule has 8 N–H and O–H groups in total. The zero-order valence-electron chi connectivity index (χ0n) is 37.8.